The summed E-state index contributed by atoms with van der Waals surface area (Å²) in [5.74, 6) is 1.42. The van der Waals surface area contributed by atoms with E-state index in [-0.39, 0.29) is 17.8 Å². The summed E-state index contributed by atoms with van der Waals surface area (Å²) in [6.45, 7) is 5.26. The number of ether oxygens (including phenoxy) is 3. The third kappa shape index (κ3) is 5.26. The maximum absolute atomic E-state index is 13.5. The topological polar surface area (TPSA) is 43.8 Å². The van der Waals surface area contributed by atoms with Crippen molar-refractivity contribution in [1.29, 1.82) is 0 Å². The van der Waals surface area contributed by atoms with Crippen molar-refractivity contribution >= 4 is 0 Å². The van der Waals surface area contributed by atoms with Crippen LogP contribution < -0.4 is 9.47 Å². The van der Waals surface area contributed by atoms with Crippen LogP contribution in [0.5, 0.6) is 11.5 Å². The standard InChI is InChI=1S/C26H29FN2O3/c1-3-32-25-9-4-20(14-26(25)30-2)16-29(15-19-10-12-28-13-11-19)24-18-31-17-23(24)21-5-7-22(27)8-6-21/h4-14,23-24H,3,15-18H2,1-2H3/t23-,24+/m0/s1. The van der Waals surface area contributed by atoms with E-state index in [9.17, 15) is 4.39 Å². The van der Waals surface area contributed by atoms with Crippen molar-refractivity contribution in [2.24, 2.45) is 0 Å². The van der Waals surface area contributed by atoms with Crippen LogP contribution in [-0.4, -0.2) is 42.9 Å². The molecule has 6 heteroatoms. The molecule has 32 heavy (non-hydrogen) atoms. The lowest BCUT2D eigenvalue weighted by Crippen LogP contribution is -2.38. The Bertz CT molecular complexity index is 998. The van der Waals surface area contributed by atoms with E-state index in [0.29, 0.717) is 19.8 Å². The van der Waals surface area contributed by atoms with Crippen LogP contribution in [-0.2, 0) is 17.8 Å². The minimum Gasteiger partial charge on any atom is -0.493 e. The van der Waals surface area contributed by atoms with Crippen molar-refractivity contribution in [3.8, 4) is 11.5 Å². The van der Waals surface area contributed by atoms with E-state index in [1.165, 1.54) is 17.7 Å². The van der Waals surface area contributed by atoms with E-state index >= 15 is 0 Å². The van der Waals surface area contributed by atoms with Gasteiger partial charge >= 0.3 is 0 Å². The Morgan fingerprint density at radius 1 is 0.969 bits per heavy atom. The molecule has 1 saturated heterocycles. The second kappa shape index (κ2) is 10.6. The first-order valence-electron chi connectivity index (χ1n) is 10.9. The van der Waals surface area contributed by atoms with Gasteiger partial charge in [0.2, 0.25) is 0 Å². The molecule has 1 fully saturated rings. The van der Waals surface area contributed by atoms with Crippen LogP contribution in [0, 0.1) is 5.82 Å². The predicted molar refractivity (Wildman–Crippen MR) is 121 cm³/mol. The molecule has 0 saturated carbocycles. The van der Waals surface area contributed by atoms with Crippen LogP contribution in [0.15, 0.2) is 67.0 Å². The number of benzene rings is 2. The fourth-order valence-electron chi connectivity index (χ4n) is 4.26. The maximum Gasteiger partial charge on any atom is 0.161 e. The Morgan fingerprint density at radius 2 is 1.72 bits per heavy atom. The molecule has 0 N–H and O–H groups in total. The van der Waals surface area contributed by atoms with E-state index in [1.807, 2.05) is 55.7 Å². The molecule has 1 aliphatic heterocycles. The van der Waals surface area contributed by atoms with Crippen molar-refractivity contribution < 1.29 is 18.6 Å². The van der Waals surface area contributed by atoms with Crippen LogP contribution >= 0.6 is 0 Å². The van der Waals surface area contributed by atoms with E-state index < -0.39 is 0 Å². The number of nitrogens with zero attached hydrogens (tertiary/aromatic N) is 2. The number of aromatic nitrogens is 1. The van der Waals surface area contributed by atoms with Crippen LogP contribution in [0.25, 0.3) is 0 Å². The van der Waals surface area contributed by atoms with E-state index in [0.717, 1.165) is 35.7 Å². The lowest BCUT2D eigenvalue weighted by Gasteiger charge is -2.32. The number of methoxy groups -OCH3 is 1. The molecule has 0 amide bonds. The zero-order valence-corrected chi connectivity index (χ0v) is 18.5. The molecular formula is C26H29FN2O3. The number of pyridine rings is 1. The Hall–Kier alpha value is -2.96. The van der Waals surface area contributed by atoms with Gasteiger partial charge in [-0.1, -0.05) is 18.2 Å². The van der Waals surface area contributed by atoms with Gasteiger partial charge in [-0.25, -0.2) is 4.39 Å². The summed E-state index contributed by atoms with van der Waals surface area (Å²) in [6, 6.07) is 17.1. The Kier molecular flexibility index (Phi) is 7.35. The lowest BCUT2D eigenvalue weighted by molar-refractivity contribution is 0.132. The molecule has 2 aromatic carbocycles. The highest BCUT2D eigenvalue weighted by molar-refractivity contribution is 5.43. The minimum atomic E-state index is -0.223. The monoisotopic (exact) mass is 436 g/mol. The zero-order chi connectivity index (χ0) is 22.3. The Morgan fingerprint density at radius 3 is 2.44 bits per heavy atom. The summed E-state index contributed by atoms with van der Waals surface area (Å²) in [6.07, 6.45) is 3.63. The SMILES string of the molecule is CCOc1ccc(CN(Cc2ccncc2)[C@@H]2COC[C@H]2c2ccc(F)cc2)cc1OC. The summed E-state index contributed by atoms with van der Waals surface area (Å²) in [5, 5.41) is 0. The average molecular weight is 437 g/mol. The molecule has 1 aliphatic rings. The summed E-state index contributed by atoms with van der Waals surface area (Å²) in [4.78, 5) is 6.57. The molecule has 168 valence electrons. The molecule has 0 unspecified atom stereocenters. The van der Waals surface area contributed by atoms with Crippen molar-refractivity contribution in [3.63, 3.8) is 0 Å². The highest BCUT2D eigenvalue weighted by Gasteiger charge is 2.34. The molecular weight excluding hydrogens is 407 g/mol. The number of halogens is 1. The number of hydrogen-bond acceptors (Lipinski definition) is 5. The van der Waals surface area contributed by atoms with Gasteiger partial charge in [-0.2, -0.15) is 0 Å². The van der Waals surface area contributed by atoms with Gasteiger partial charge in [0.15, 0.2) is 11.5 Å². The molecule has 2 atom stereocenters. The first kappa shape index (κ1) is 22.2. The second-order valence-electron chi connectivity index (χ2n) is 7.94. The molecule has 0 aliphatic carbocycles. The van der Waals surface area contributed by atoms with Gasteiger partial charge in [0.25, 0.3) is 0 Å². The van der Waals surface area contributed by atoms with E-state index in [2.05, 4.69) is 16.0 Å². The van der Waals surface area contributed by atoms with Gasteiger partial charge in [0.05, 0.1) is 26.9 Å². The van der Waals surface area contributed by atoms with Gasteiger partial charge in [-0.05, 0) is 60.0 Å². The molecule has 1 aromatic heterocycles. The molecule has 5 nitrogen and oxygen atoms in total. The second-order valence-corrected chi connectivity index (χ2v) is 7.94. The minimum absolute atomic E-state index is 0.159. The highest BCUT2D eigenvalue weighted by Crippen LogP contribution is 2.33. The third-order valence-electron chi connectivity index (χ3n) is 5.87. The largest absolute Gasteiger partial charge is 0.493 e. The van der Waals surface area contributed by atoms with Crippen molar-refractivity contribution in [2.45, 2.75) is 32.0 Å². The molecule has 3 aromatic rings. The first-order chi connectivity index (χ1) is 15.7. The summed E-state index contributed by atoms with van der Waals surface area (Å²) < 4.78 is 30.6. The van der Waals surface area contributed by atoms with Gasteiger partial charge in [0, 0.05) is 37.4 Å². The smallest absolute Gasteiger partial charge is 0.161 e. The highest BCUT2D eigenvalue weighted by atomic mass is 19.1. The van der Waals surface area contributed by atoms with E-state index in [4.69, 9.17) is 14.2 Å². The normalized spacial score (nSPS) is 18.1. The van der Waals surface area contributed by atoms with Crippen LogP contribution in [0.4, 0.5) is 4.39 Å². The van der Waals surface area contributed by atoms with Crippen molar-refractivity contribution in [1.82, 2.24) is 9.88 Å². The fourth-order valence-corrected chi connectivity index (χ4v) is 4.26. The molecule has 0 spiro atoms. The van der Waals surface area contributed by atoms with Crippen molar-refractivity contribution in [3.05, 3.63) is 89.5 Å². The molecule has 4 rings (SSSR count). The first-order valence-corrected chi connectivity index (χ1v) is 10.9. The Labute approximate surface area is 188 Å². The summed E-state index contributed by atoms with van der Waals surface area (Å²) in [5.41, 5.74) is 3.41. The average Bonchev–Trinajstić information content (AvgIpc) is 3.31. The molecule has 0 bridgehead atoms. The Balaban J connectivity index is 1.62. The molecule has 0 radical (unpaired) electrons. The summed E-state index contributed by atoms with van der Waals surface area (Å²) in [7, 11) is 1.66. The molecule has 2 heterocycles. The van der Waals surface area contributed by atoms with Gasteiger partial charge in [-0.3, -0.25) is 9.88 Å². The predicted octanol–water partition coefficient (Wildman–Crippen LogP) is 4.81. The number of hydrogen-bond donors (Lipinski definition) is 0. The quantitative estimate of drug-likeness (QED) is 0.482. The number of rotatable bonds is 9. The van der Waals surface area contributed by atoms with Gasteiger partial charge < -0.3 is 14.2 Å². The van der Waals surface area contributed by atoms with Crippen LogP contribution in [0.2, 0.25) is 0 Å². The lowest BCUT2D eigenvalue weighted by atomic mass is 9.92. The van der Waals surface area contributed by atoms with Gasteiger partial charge in [-0.15, -0.1) is 0 Å². The third-order valence-corrected chi connectivity index (χ3v) is 5.87. The maximum atomic E-state index is 13.5. The zero-order valence-electron chi connectivity index (χ0n) is 18.5. The fraction of sp³-hybridized carbons (Fsp3) is 0.346. The van der Waals surface area contributed by atoms with Gasteiger partial charge in [0.1, 0.15) is 5.82 Å². The summed E-state index contributed by atoms with van der Waals surface area (Å²) >= 11 is 0. The van der Waals surface area contributed by atoms with Crippen LogP contribution in [0.3, 0.4) is 0 Å². The van der Waals surface area contributed by atoms with Crippen molar-refractivity contribution in [2.75, 3.05) is 26.9 Å². The van der Waals surface area contributed by atoms with Crippen LogP contribution in [0.1, 0.15) is 29.5 Å². The van der Waals surface area contributed by atoms with E-state index in [1.54, 1.807) is 7.11 Å².